The van der Waals surface area contributed by atoms with Gasteiger partial charge >= 0.3 is 6.18 Å². The number of aryl methyl sites for hydroxylation is 1. The minimum Gasteiger partial charge on any atom is -0.484 e. The Morgan fingerprint density at radius 2 is 1.64 bits per heavy atom. The van der Waals surface area contributed by atoms with Crippen molar-refractivity contribution in [1.82, 2.24) is 19.4 Å². The van der Waals surface area contributed by atoms with Gasteiger partial charge in [-0.3, -0.25) is 14.0 Å². The number of hydrogen-bond donors (Lipinski definition) is 0. The molecule has 4 aromatic rings. The number of anilines is 1. The Labute approximate surface area is 278 Å². The van der Waals surface area contributed by atoms with Crippen LogP contribution in [-0.4, -0.2) is 84.9 Å². The molecule has 1 saturated heterocycles. The second-order valence-corrected chi connectivity index (χ2v) is 14.0. The number of ether oxygens (including phenoxy) is 2. The number of rotatable bonds is 10. The van der Waals surface area contributed by atoms with Crippen LogP contribution in [0.15, 0.2) is 66.9 Å². The molecule has 0 N–H and O–H groups in total. The third kappa shape index (κ3) is 8.48. The van der Waals surface area contributed by atoms with Gasteiger partial charge in [0.15, 0.2) is 6.61 Å². The van der Waals surface area contributed by atoms with E-state index in [2.05, 4.69) is 9.88 Å². The number of carbonyl (C=O) groups excluding carboxylic acids is 1. The number of aromatic nitrogens is 2. The van der Waals surface area contributed by atoms with Gasteiger partial charge in [0.1, 0.15) is 17.2 Å². The van der Waals surface area contributed by atoms with Crippen LogP contribution < -0.4 is 13.8 Å². The molecule has 1 aliphatic rings. The maximum Gasteiger partial charge on any atom is 0.422 e. The summed E-state index contributed by atoms with van der Waals surface area (Å²) in [6.45, 7) is 4.92. The Balaban J connectivity index is 0.00000500. The van der Waals surface area contributed by atoms with E-state index in [9.17, 15) is 26.4 Å². The van der Waals surface area contributed by atoms with Crippen LogP contribution in [0.2, 0.25) is 0 Å². The van der Waals surface area contributed by atoms with Gasteiger partial charge in [-0.05, 0) is 55.8 Å². The second kappa shape index (κ2) is 14.4. The number of benzene rings is 2. The first-order chi connectivity index (χ1) is 21.7. The fraction of sp³-hybridized carbons (Fsp3) is 0.375. The molecule has 0 atom stereocenters. The lowest BCUT2D eigenvalue weighted by Crippen LogP contribution is -2.48. The van der Waals surface area contributed by atoms with Crippen molar-refractivity contribution in [3.05, 3.63) is 78.1 Å². The summed E-state index contributed by atoms with van der Waals surface area (Å²) in [7, 11) is -0.164. The standard InChI is InChI=1S/C32H36F3N5O5S.ClH/c1-22(2)46(42,43)38(4)25-8-12-30(36-19-25)45-27-11-7-24-17-29(37(3)28(24)18-27)31(41)40-15-13-39(14-16-40)20-23-5-9-26(10-6-23)44-21-32(33,34)35;/h5-12,17-19,22H,13-16,20-21H2,1-4H3;1H. The van der Waals surface area contributed by atoms with E-state index in [4.69, 9.17) is 9.47 Å². The zero-order chi connectivity index (χ0) is 33.2. The van der Waals surface area contributed by atoms with Crippen LogP contribution in [0.25, 0.3) is 10.9 Å². The SMILES string of the molecule is CC(C)S(=O)(=O)N(C)c1ccc(Oc2ccc3cc(C(=O)N4CCN(Cc5ccc(OCC(F)(F)F)cc5)CC4)n(C)c3c2)nc1.Cl. The minimum atomic E-state index is -4.38. The molecule has 15 heteroatoms. The van der Waals surface area contributed by atoms with E-state index in [0.717, 1.165) is 16.5 Å². The third-order valence-electron chi connectivity index (χ3n) is 7.91. The Bertz CT molecular complexity index is 1790. The molecule has 47 heavy (non-hydrogen) atoms. The second-order valence-electron chi connectivity index (χ2n) is 11.4. The quantitative estimate of drug-likeness (QED) is 0.205. The fourth-order valence-electron chi connectivity index (χ4n) is 5.17. The molecule has 5 rings (SSSR count). The average Bonchev–Trinajstić information content (AvgIpc) is 3.35. The van der Waals surface area contributed by atoms with Crippen LogP contribution in [0.4, 0.5) is 18.9 Å². The number of piperazine rings is 1. The van der Waals surface area contributed by atoms with E-state index >= 15 is 0 Å². The molecule has 1 aliphatic heterocycles. The van der Waals surface area contributed by atoms with E-state index in [-0.39, 0.29) is 24.1 Å². The molecular formula is C32H37ClF3N5O5S. The molecule has 10 nitrogen and oxygen atoms in total. The highest BCUT2D eigenvalue weighted by molar-refractivity contribution is 7.93. The predicted octanol–water partition coefficient (Wildman–Crippen LogP) is 5.86. The minimum absolute atomic E-state index is 0. The van der Waals surface area contributed by atoms with Gasteiger partial charge in [-0.1, -0.05) is 12.1 Å². The molecule has 0 saturated carbocycles. The van der Waals surface area contributed by atoms with Crippen molar-refractivity contribution in [3.8, 4) is 17.4 Å². The lowest BCUT2D eigenvalue weighted by Gasteiger charge is -2.34. The molecular weight excluding hydrogens is 659 g/mol. The molecule has 0 radical (unpaired) electrons. The molecule has 0 spiro atoms. The van der Waals surface area contributed by atoms with Crippen molar-refractivity contribution >= 4 is 44.9 Å². The topological polar surface area (TPSA) is 97.2 Å². The first-order valence-electron chi connectivity index (χ1n) is 14.7. The van der Waals surface area contributed by atoms with Gasteiger partial charge in [-0.15, -0.1) is 12.4 Å². The highest BCUT2D eigenvalue weighted by atomic mass is 35.5. The van der Waals surface area contributed by atoms with E-state index < -0.39 is 28.1 Å². The molecule has 0 aliphatic carbocycles. The summed E-state index contributed by atoms with van der Waals surface area (Å²) in [6, 6.07) is 17.1. The Morgan fingerprint density at radius 1 is 0.979 bits per heavy atom. The van der Waals surface area contributed by atoms with Crippen molar-refractivity contribution in [2.75, 3.05) is 44.1 Å². The number of fused-ring (bicyclic) bond motifs is 1. The summed E-state index contributed by atoms with van der Waals surface area (Å²) in [5, 5.41) is 0.312. The molecule has 3 heterocycles. The van der Waals surface area contributed by atoms with E-state index in [1.54, 1.807) is 44.2 Å². The van der Waals surface area contributed by atoms with Crippen molar-refractivity contribution in [3.63, 3.8) is 0 Å². The molecule has 1 fully saturated rings. The highest BCUT2D eigenvalue weighted by Crippen LogP contribution is 2.29. The average molecular weight is 696 g/mol. The van der Waals surface area contributed by atoms with Gasteiger partial charge in [0, 0.05) is 64.3 Å². The summed E-state index contributed by atoms with van der Waals surface area (Å²) in [5.41, 5.74) is 2.73. The van der Waals surface area contributed by atoms with Crippen molar-refractivity contribution < 1.29 is 35.9 Å². The van der Waals surface area contributed by atoms with Gasteiger partial charge in [0.2, 0.25) is 15.9 Å². The molecule has 2 aromatic heterocycles. The smallest absolute Gasteiger partial charge is 0.422 e. The summed E-state index contributed by atoms with van der Waals surface area (Å²) >= 11 is 0. The molecule has 1 amide bonds. The van der Waals surface area contributed by atoms with E-state index in [0.29, 0.717) is 55.7 Å². The highest BCUT2D eigenvalue weighted by Gasteiger charge is 2.29. The monoisotopic (exact) mass is 695 g/mol. The number of halogens is 4. The van der Waals surface area contributed by atoms with Gasteiger partial charge in [0.05, 0.1) is 22.7 Å². The summed E-state index contributed by atoms with van der Waals surface area (Å²) in [5.74, 6) is 0.905. The zero-order valence-corrected chi connectivity index (χ0v) is 28.0. The number of amides is 1. The van der Waals surface area contributed by atoms with Crippen LogP contribution in [0.5, 0.6) is 17.4 Å². The zero-order valence-electron chi connectivity index (χ0n) is 26.4. The molecule has 254 valence electrons. The number of pyridine rings is 1. The predicted molar refractivity (Wildman–Crippen MR) is 176 cm³/mol. The van der Waals surface area contributed by atoms with Crippen molar-refractivity contribution in [2.24, 2.45) is 7.05 Å². The van der Waals surface area contributed by atoms with Gasteiger partial charge in [0.25, 0.3) is 5.91 Å². The van der Waals surface area contributed by atoms with Gasteiger partial charge < -0.3 is 18.9 Å². The van der Waals surface area contributed by atoms with E-state index in [1.807, 2.05) is 34.7 Å². The van der Waals surface area contributed by atoms with E-state index in [1.165, 1.54) is 29.7 Å². The fourth-order valence-corrected chi connectivity index (χ4v) is 6.20. The third-order valence-corrected chi connectivity index (χ3v) is 10.1. The number of hydrogen-bond acceptors (Lipinski definition) is 7. The summed E-state index contributed by atoms with van der Waals surface area (Å²) < 4.78 is 75.8. The Morgan fingerprint density at radius 3 is 2.23 bits per heavy atom. The lowest BCUT2D eigenvalue weighted by molar-refractivity contribution is -0.153. The van der Waals surface area contributed by atoms with Crippen LogP contribution in [-0.2, 0) is 23.6 Å². The first kappa shape index (κ1) is 35.8. The number of alkyl halides is 3. The molecule has 0 bridgehead atoms. The largest absolute Gasteiger partial charge is 0.484 e. The summed E-state index contributed by atoms with van der Waals surface area (Å²) in [4.78, 5) is 21.8. The van der Waals surface area contributed by atoms with Crippen LogP contribution in [0, 0.1) is 0 Å². The van der Waals surface area contributed by atoms with Crippen LogP contribution in [0.3, 0.4) is 0 Å². The van der Waals surface area contributed by atoms with Crippen molar-refractivity contribution in [1.29, 1.82) is 0 Å². The molecule has 0 unspecified atom stereocenters. The summed E-state index contributed by atoms with van der Waals surface area (Å²) in [6.07, 6.45) is -2.94. The Hall–Kier alpha value is -4.01. The molecule has 2 aromatic carbocycles. The van der Waals surface area contributed by atoms with Gasteiger partial charge in [-0.25, -0.2) is 13.4 Å². The van der Waals surface area contributed by atoms with Crippen LogP contribution in [0.1, 0.15) is 29.9 Å². The number of carbonyl (C=O) groups is 1. The van der Waals surface area contributed by atoms with Crippen LogP contribution >= 0.6 is 12.4 Å². The maximum atomic E-state index is 13.5. The number of nitrogens with zero attached hydrogens (tertiary/aromatic N) is 5. The van der Waals surface area contributed by atoms with Gasteiger partial charge in [-0.2, -0.15) is 13.2 Å². The van der Waals surface area contributed by atoms with Crippen molar-refractivity contribution in [2.45, 2.75) is 31.8 Å². The number of sulfonamides is 1. The normalized spacial score (nSPS) is 14.3. The Kier molecular flexibility index (Phi) is 11.0. The maximum absolute atomic E-state index is 13.5. The first-order valence-corrected chi connectivity index (χ1v) is 16.2. The lowest BCUT2D eigenvalue weighted by atomic mass is 10.2.